The summed E-state index contributed by atoms with van der Waals surface area (Å²) in [6, 6.07) is 14.7. The fraction of sp³-hybridized carbons (Fsp3) is 0.286. The molecule has 5 nitrogen and oxygen atoms in total. The molecule has 1 N–H and O–H groups in total. The maximum Gasteiger partial charge on any atom is 0.349 e. The highest BCUT2D eigenvalue weighted by Gasteiger charge is 2.14. The van der Waals surface area contributed by atoms with Gasteiger partial charge in [-0.05, 0) is 30.5 Å². The summed E-state index contributed by atoms with van der Waals surface area (Å²) in [4.78, 5) is 29.2. The summed E-state index contributed by atoms with van der Waals surface area (Å²) in [6.45, 7) is 4.71. The van der Waals surface area contributed by atoms with E-state index in [9.17, 15) is 9.59 Å². The number of aromatic nitrogens is 2. The first-order valence-corrected chi connectivity index (χ1v) is 9.35. The second-order valence-electron chi connectivity index (χ2n) is 6.89. The Morgan fingerprint density at radius 1 is 1.19 bits per heavy atom. The molecule has 1 amide bonds. The average Bonchev–Trinajstić information content (AvgIpc) is 2.64. The van der Waals surface area contributed by atoms with E-state index in [-0.39, 0.29) is 12.5 Å². The second-order valence-corrected chi connectivity index (χ2v) is 7.33. The number of halogens is 1. The predicted molar refractivity (Wildman–Crippen MR) is 109 cm³/mol. The van der Waals surface area contributed by atoms with Gasteiger partial charge in [0, 0.05) is 22.5 Å². The Kier molecular flexibility index (Phi) is 5.91. The molecule has 0 aliphatic carbocycles. The van der Waals surface area contributed by atoms with Crippen molar-refractivity contribution in [3.8, 4) is 11.3 Å². The van der Waals surface area contributed by atoms with E-state index in [4.69, 9.17) is 11.6 Å². The lowest BCUT2D eigenvalue weighted by molar-refractivity contribution is -0.121. The third-order valence-corrected chi connectivity index (χ3v) is 4.57. The fourth-order valence-electron chi connectivity index (χ4n) is 2.92. The standard InChI is InChI=1S/C21H22ClN3O2/c1-14(2)10-11-23-19(26)13-25-18-9-8-16(22)12-17(18)20(24-21(25)27)15-6-4-3-5-7-15/h3-9,12,14H,10-11,13H2,1-2H3,(H,23,26). The Morgan fingerprint density at radius 2 is 1.93 bits per heavy atom. The topological polar surface area (TPSA) is 64.0 Å². The Labute approximate surface area is 163 Å². The van der Waals surface area contributed by atoms with E-state index in [1.807, 2.05) is 30.3 Å². The number of nitrogens with zero attached hydrogens (tertiary/aromatic N) is 2. The highest BCUT2D eigenvalue weighted by molar-refractivity contribution is 6.31. The minimum Gasteiger partial charge on any atom is -0.355 e. The van der Waals surface area contributed by atoms with E-state index in [2.05, 4.69) is 24.1 Å². The SMILES string of the molecule is CC(C)CCNC(=O)Cn1c(=O)nc(-c2ccccc2)c2cc(Cl)ccc21. The molecule has 27 heavy (non-hydrogen) atoms. The van der Waals surface area contributed by atoms with Crippen molar-refractivity contribution in [1.82, 2.24) is 14.9 Å². The van der Waals surface area contributed by atoms with E-state index in [0.29, 0.717) is 28.7 Å². The van der Waals surface area contributed by atoms with Gasteiger partial charge in [-0.3, -0.25) is 9.36 Å². The van der Waals surface area contributed by atoms with Crippen molar-refractivity contribution in [2.45, 2.75) is 26.8 Å². The molecule has 0 spiro atoms. The van der Waals surface area contributed by atoms with Gasteiger partial charge in [-0.1, -0.05) is 55.8 Å². The molecule has 6 heteroatoms. The summed E-state index contributed by atoms with van der Waals surface area (Å²) in [6.07, 6.45) is 0.891. The van der Waals surface area contributed by atoms with Crippen molar-refractivity contribution in [2.75, 3.05) is 6.54 Å². The number of hydrogen-bond donors (Lipinski definition) is 1. The zero-order valence-corrected chi connectivity index (χ0v) is 16.2. The van der Waals surface area contributed by atoms with Gasteiger partial charge in [0.2, 0.25) is 5.91 Å². The molecule has 0 aliphatic heterocycles. The lowest BCUT2D eigenvalue weighted by Gasteiger charge is -2.13. The van der Waals surface area contributed by atoms with Crippen LogP contribution < -0.4 is 11.0 Å². The number of fused-ring (bicyclic) bond motifs is 1. The van der Waals surface area contributed by atoms with Gasteiger partial charge in [-0.25, -0.2) is 4.79 Å². The summed E-state index contributed by atoms with van der Waals surface area (Å²) in [5.74, 6) is 0.297. The monoisotopic (exact) mass is 383 g/mol. The molecule has 3 rings (SSSR count). The van der Waals surface area contributed by atoms with Gasteiger partial charge in [-0.15, -0.1) is 0 Å². The largest absolute Gasteiger partial charge is 0.355 e. The summed E-state index contributed by atoms with van der Waals surface area (Å²) in [5, 5.41) is 4.15. The van der Waals surface area contributed by atoms with E-state index in [0.717, 1.165) is 17.4 Å². The van der Waals surface area contributed by atoms with E-state index < -0.39 is 5.69 Å². The Bertz CT molecular complexity index is 1010. The van der Waals surface area contributed by atoms with Crippen molar-refractivity contribution in [3.63, 3.8) is 0 Å². The molecule has 1 heterocycles. The average molecular weight is 384 g/mol. The smallest absolute Gasteiger partial charge is 0.349 e. The second kappa shape index (κ2) is 8.35. The maximum atomic E-state index is 12.7. The van der Waals surface area contributed by atoms with Crippen LogP contribution in [0.2, 0.25) is 5.02 Å². The highest BCUT2D eigenvalue weighted by atomic mass is 35.5. The van der Waals surface area contributed by atoms with Crippen LogP contribution in [-0.4, -0.2) is 22.0 Å². The molecular formula is C21H22ClN3O2. The fourth-order valence-corrected chi connectivity index (χ4v) is 3.09. The summed E-state index contributed by atoms with van der Waals surface area (Å²) < 4.78 is 1.39. The minimum absolute atomic E-state index is 0.0723. The Balaban J connectivity index is 2.01. The van der Waals surface area contributed by atoms with Crippen LogP contribution in [0.1, 0.15) is 20.3 Å². The van der Waals surface area contributed by atoms with Gasteiger partial charge in [-0.2, -0.15) is 4.98 Å². The van der Waals surface area contributed by atoms with Gasteiger partial charge in [0.15, 0.2) is 0 Å². The molecule has 2 aromatic carbocycles. The van der Waals surface area contributed by atoms with Crippen LogP contribution >= 0.6 is 11.6 Å². The third kappa shape index (κ3) is 4.55. The maximum absolute atomic E-state index is 12.7. The first-order valence-electron chi connectivity index (χ1n) is 8.98. The van der Waals surface area contributed by atoms with Crippen LogP contribution in [0.25, 0.3) is 22.2 Å². The molecule has 0 unspecified atom stereocenters. The molecule has 1 aromatic heterocycles. The number of amides is 1. The molecular weight excluding hydrogens is 362 g/mol. The van der Waals surface area contributed by atoms with Crippen LogP contribution in [0.4, 0.5) is 0 Å². The van der Waals surface area contributed by atoms with Crippen LogP contribution in [0.15, 0.2) is 53.3 Å². The highest BCUT2D eigenvalue weighted by Crippen LogP contribution is 2.27. The summed E-state index contributed by atoms with van der Waals surface area (Å²) in [5.41, 5.74) is 1.57. The summed E-state index contributed by atoms with van der Waals surface area (Å²) in [7, 11) is 0. The van der Waals surface area contributed by atoms with Crippen LogP contribution in [0.3, 0.4) is 0 Å². The van der Waals surface area contributed by atoms with Gasteiger partial charge in [0.05, 0.1) is 11.2 Å². The van der Waals surface area contributed by atoms with Crippen molar-refractivity contribution < 1.29 is 4.79 Å². The molecule has 140 valence electrons. The Hall–Kier alpha value is -2.66. The zero-order valence-electron chi connectivity index (χ0n) is 15.4. The molecule has 0 aliphatic rings. The molecule has 0 fully saturated rings. The first-order chi connectivity index (χ1) is 13.0. The van der Waals surface area contributed by atoms with Gasteiger partial charge >= 0.3 is 5.69 Å². The number of carbonyl (C=O) groups is 1. The van der Waals surface area contributed by atoms with Crippen molar-refractivity contribution >= 4 is 28.4 Å². The van der Waals surface area contributed by atoms with Crippen LogP contribution in [0, 0.1) is 5.92 Å². The van der Waals surface area contributed by atoms with Crippen LogP contribution in [-0.2, 0) is 11.3 Å². The quantitative estimate of drug-likeness (QED) is 0.702. The lowest BCUT2D eigenvalue weighted by Crippen LogP contribution is -2.34. The molecule has 0 radical (unpaired) electrons. The molecule has 0 saturated carbocycles. The molecule has 0 saturated heterocycles. The number of nitrogens with one attached hydrogen (secondary N) is 1. The molecule has 3 aromatic rings. The Morgan fingerprint density at radius 3 is 2.63 bits per heavy atom. The van der Waals surface area contributed by atoms with Gasteiger partial charge < -0.3 is 5.32 Å². The predicted octanol–water partition coefficient (Wildman–Crippen LogP) is 3.88. The molecule has 0 bridgehead atoms. The summed E-state index contributed by atoms with van der Waals surface area (Å²) >= 11 is 6.18. The zero-order chi connectivity index (χ0) is 19.4. The van der Waals surface area contributed by atoms with Crippen molar-refractivity contribution in [2.24, 2.45) is 5.92 Å². The third-order valence-electron chi connectivity index (χ3n) is 4.34. The van der Waals surface area contributed by atoms with Crippen molar-refractivity contribution in [3.05, 3.63) is 64.0 Å². The lowest BCUT2D eigenvalue weighted by atomic mass is 10.1. The minimum atomic E-state index is -0.456. The normalized spacial score (nSPS) is 11.1. The van der Waals surface area contributed by atoms with Crippen LogP contribution in [0.5, 0.6) is 0 Å². The number of carbonyl (C=O) groups excluding carboxylic acids is 1. The number of hydrogen-bond acceptors (Lipinski definition) is 3. The first kappa shape index (κ1) is 19.1. The van der Waals surface area contributed by atoms with E-state index in [1.54, 1.807) is 18.2 Å². The van der Waals surface area contributed by atoms with Crippen molar-refractivity contribution in [1.29, 1.82) is 0 Å². The van der Waals surface area contributed by atoms with E-state index in [1.165, 1.54) is 4.57 Å². The van der Waals surface area contributed by atoms with Gasteiger partial charge in [0.1, 0.15) is 6.54 Å². The number of benzene rings is 2. The number of rotatable bonds is 6. The van der Waals surface area contributed by atoms with Gasteiger partial charge in [0.25, 0.3) is 0 Å². The molecule has 0 atom stereocenters. The van der Waals surface area contributed by atoms with E-state index >= 15 is 0 Å².